The van der Waals surface area contributed by atoms with Crippen molar-refractivity contribution in [3.05, 3.63) is 53.7 Å². The van der Waals surface area contributed by atoms with Gasteiger partial charge in [-0.3, -0.25) is 0 Å². The molecule has 0 saturated heterocycles. The van der Waals surface area contributed by atoms with Gasteiger partial charge in [0.1, 0.15) is 18.2 Å². The highest BCUT2D eigenvalue weighted by Gasteiger charge is 2.02. The van der Waals surface area contributed by atoms with Crippen LogP contribution in [-0.4, -0.2) is 4.98 Å². The second-order valence-electron chi connectivity index (χ2n) is 4.71. The lowest BCUT2D eigenvalue weighted by Gasteiger charge is -2.10. The maximum absolute atomic E-state index is 5.76. The third kappa shape index (κ3) is 3.69. The molecule has 2 aromatic rings. The normalized spacial score (nSPS) is 10.5. The highest BCUT2D eigenvalue weighted by atomic mass is 16.5. The van der Waals surface area contributed by atoms with E-state index in [1.54, 1.807) is 6.20 Å². The smallest absolute Gasteiger partial charge is 0.139 e. The van der Waals surface area contributed by atoms with E-state index in [1.807, 2.05) is 24.3 Å². The van der Waals surface area contributed by atoms with Crippen molar-refractivity contribution in [3.8, 4) is 5.75 Å². The predicted molar refractivity (Wildman–Crippen MR) is 76.9 cm³/mol. The summed E-state index contributed by atoms with van der Waals surface area (Å²) in [4.78, 5) is 4.14. The Morgan fingerprint density at radius 3 is 2.74 bits per heavy atom. The number of ether oxygens (including phenoxy) is 1. The Bertz CT molecular complexity index is 523. The molecule has 2 rings (SSSR count). The van der Waals surface area contributed by atoms with Crippen molar-refractivity contribution in [2.75, 3.05) is 5.43 Å². The molecule has 0 bridgehead atoms. The van der Waals surface area contributed by atoms with Crippen molar-refractivity contribution in [1.82, 2.24) is 4.98 Å². The summed E-state index contributed by atoms with van der Waals surface area (Å²) < 4.78 is 5.76. The molecular formula is C15H19N3O. The lowest BCUT2D eigenvalue weighted by atomic mass is 10.0. The van der Waals surface area contributed by atoms with Crippen LogP contribution in [0.25, 0.3) is 0 Å². The van der Waals surface area contributed by atoms with E-state index in [-0.39, 0.29) is 0 Å². The van der Waals surface area contributed by atoms with E-state index in [9.17, 15) is 0 Å². The molecule has 0 aliphatic heterocycles. The van der Waals surface area contributed by atoms with Crippen LogP contribution in [0.3, 0.4) is 0 Å². The molecule has 0 saturated carbocycles. The molecule has 1 aromatic heterocycles. The van der Waals surface area contributed by atoms with Gasteiger partial charge in [0.05, 0.1) is 0 Å². The highest BCUT2D eigenvalue weighted by molar-refractivity contribution is 5.34. The van der Waals surface area contributed by atoms with Gasteiger partial charge in [0.25, 0.3) is 0 Å². The number of rotatable bonds is 5. The molecule has 1 aromatic carbocycles. The van der Waals surface area contributed by atoms with Crippen LogP contribution in [0.2, 0.25) is 0 Å². The number of nitrogens with zero attached hydrogens (tertiary/aromatic N) is 1. The van der Waals surface area contributed by atoms with Gasteiger partial charge < -0.3 is 10.2 Å². The molecule has 0 spiro atoms. The maximum Gasteiger partial charge on any atom is 0.139 e. The van der Waals surface area contributed by atoms with Crippen LogP contribution in [0.1, 0.15) is 30.9 Å². The molecule has 0 unspecified atom stereocenters. The van der Waals surface area contributed by atoms with E-state index in [0.717, 1.165) is 11.3 Å². The molecule has 4 nitrogen and oxygen atoms in total. The van der Waals surface area contributed by atoms with Gasteiger partial charge >= 0.3 is 0 Å². The van der Waals surface area contributed by atoms with Gasteiger partial charge in [-0.15, -0.1) is 0 Å². The van der Waals surface area contributed by atoms with Gasteiger partial charge in [0, 0.05) is 11.8 Å². The van der Waals surface area contributed by atoms with E-state index in [4.69, 9.17) is 10.6 Å². The van der Waals surface area contributed by atoms with Crippen LogP contribution >= 0.6 is 0 Å². The van der Waals surface area contributed by atoms with Crippen LogP contribution in [0, 0.1) is 0 Å². The first-order valence-electron chi connectivity index (χ1n) is 6.33. The third-order valence-electron chi connectivity index (χ3n) is 2.90. The number of hydrazine groups is 1. The fourth-order valence-corrected chi connectivity index (χ4v) is 1.73. The number of hydrogen-bond acceptors (Lipinski definition) is 4. The monoisotopic (exact) mass is 257 g/mol. The molecule has 19 heavy (non-hydrogen) atoms. The SMILES string of the molecule is CC(C)c1cccc(OCc2ccc(NN)nc2)c1. The Balaban J connectivity index is 1.99. The van der Waals surface area contributed by atoms with Crippen molar-refractivity contribution in [3.63, 3.8) is 0 Å². The van der Waals surface area contributed by atoms with Crippen LogP contribution < -0.4 is 16.0 Å². The zero-order valence-electron chi connectivity index (χ0n) is 11.3. The van der Waals surface area contributed by atoms with Crippen LogP contribution in [0.15, 0.2) is 42.6 Å². The first-order chi connectivity index (χ1) is 9.19. The number of nitrogens with one attached hydrogen (secondary N) is 1. The second kappa shape index (κ2) is 6.20. The summed E-state index contributed by atoms with van der Waals surface area (Å²) in [6.07, 6.45) is 1.75. The summed E-state index contributed by atoms with van der Waals surface area (Å²) in [5, 5.41) is 0. The Hall–Kier alpha value is -2.07. The van der Waals surface area contributed by atoms with E-state index in [1.165, 1.54) is 5.56 Å². The third-order valence-corrected chi connectivity index (χ3v) is 2.90. The summed E-state index contributed by atoms with van der Waals surface area (Å²) in [6, 6.07) is 11.9. The number of nitrogens with two attached hydrogens (primary N) is 1. The van der Waals surface area contributed by atoms with Crippen molar-refractivity contribution in [1.29, 1.82) is 0 Å². The summed E-state index contributed by atoms with van der Waals surface area (Å²) in [6.45, 7) is 4.84. The van der Waals surface area contributed by atoms with Gasteiger partial charge in [-0.05, 0) is 29.7 Å². The Labute approximate surface area is 113 Å². The summed E-state index contributed by atoms with van der Waals surface area (Å²) >= 11 is 0. The zero-order valence-corrected chi connectivity index (χ0v) is 11.3. The van der Waals surface area contributed by atoms with Gasteiger partial charge in [-0.1, -0.05) is 32.0 Å². The van der Waals surface area contributed by atoms with E-state index in [0.29, 0.717) is 18.3 Å². The lowest BCUT2D eigenvalue weighted by molar-refractivity contribution is 0.305. The topological polar surface area (TPSA) is 60.2 Å². The summed E-state index contributed by atoms with van der Waals surface area (Å²) in [5.74, 6) is 7.29. The molecule has 0 aliphatic carbocycles. The highest BCUT2D eigenvalue weighted by Crippen LogP contribution is 2.20. The largest absolute Gasteiger partial charge is 0.489 e. The Kier molecular flexibility index (Phi) is 4.36. The number of pyridine rings is 1. The number of aromatic nitrogens is 1. The molecule has 1 heterocycles. The first-order valence-corrected chi connectivity index (χ1v) is 6.33. The Morgan fingerprint density at radius 2 is 2.11 bits per heavy atom. The minimum absolute atomic E-state index is 0.499. The van der Waals surface area contributed by atoms with Gasteiger partial charge in [-0.2, -0.15) is 0 Å². The molecule has 4 heteroatoms. The molecular weight excluding hydrogens is 238 g/mol. The van der Waals surface area contributed by atoms with Crippen LogP contribution in [0.4, 0.5) is 5.82 Å². The number of nitrogen functional groups attached to an aromatic ring is 1. The van der Waals surface area contributed by atoms with Gasteiger partial charge in [-0.25, -0.2) is 10.8 Å². The number of hydrogen-bond donors (Lipinski definition) is 2. The van der Waals surface area contributed by atoms with E-state index in [2.05, 4.69) is 36.4 Å². The minimum Gasteiger partial charge on any atom is -0.489 e. The van der Waals surface area contributed by atoms with Gasteiger partial charge in [0.2, 0.25) is 0 Å². The first kappa shape index (κ1) is 13.4. The molecule has 0 atom stereocenters. The fourth-order valence-electron chi connectivity index (χ4n) is 1.73. The maximum atomic E-state index is 5.76. The van der Waals surface area contributed by atoms with Crippen molar-refractivity contribution >= 4 is 5.82 Å². The van der Waals surface area contributed by atoms with E-state index < -0.39 is 0 Å². The average molecular weight is 257 g/mol. The predicted octanol–water partition coefficient (Wildman–Crippen LogP) is 3.07. The molecule has 0 radical (unpaired) electrons. The fraction of sp³-hybridized carbons (Fsp3) is 0.267. The molecule has 0 amide bonds. The quantitative estimate of drug-likeness (QED) is 0.638. The minimum atomic E-state index is 0.499. The number of benzene rings is 1. The second-order valence-corrected chi connectivity index (χ2v) is 4.71. The molecule has 0 aliphatic rings. The molecule has 100 valence electrons. The average Bonchev–Trinajstić information content (AvgIpc) is 2.46. The van der Waals surface area contributed by atoms with Gasteiger partial charge in [0.15, 0.2) is 0 Å². The van der Waals surface area contributed by atoms with Crippen LogP contribution in [-0.2, 0) is 6.61 Å². The van der Waals surface area contributed by atoms with Crippen molar-refractivity contribution in [2.45, 2.75) is 26.4 Å². The lowest BCUT2D eigenvalue weighted by Crippen LogP contribution is -2.08. The number of anilines is 1. The van der Waals surface area contributed by atoms with E-state index >= 15 is 0 Å². The van der Waals surface area contributed by atoms with Crippen molar-refractivity contribution in [2.24, 2.45) is 5.84 Å². The van der Waals surface area contributed by atoms with Crippen molar-refractivity contribution < 1.29 is 4.74 Å². The summed E-state index contributed by atoms with van der Waals surface area (Å²) in [5.41, 5.74) is 4.78. The molecule has 0 fully saturated rings. The standard InChI is InChI=1S/C15H19N3O/c1-11(2)13-4-3-5-14(8-13)19-10-12-6-7-15(18-16)17-9-12/h3-9,11H,10,16H2,1-2H3,(H,17,18). The zero-order chi connectivity index (χ0) is 13.7. The molecule has 3 N–H and O–H groups in total. The van der Waals surface area contributed by atoms with Crippen LogP contribution in [0.5, 0.6) is 5.75 Å². The summed E-state index contributed by atoms with van der Waals surface area (Å²) in [7, 11) is 0. The Morgan fingerprint density at radius 1 is 1.26 bits per heavy atom.